The third-order valence-electron chi connectivity index (χ3n) is 2.81. The van der Waals surface area contributed by atoms with Crippen molar-refractivity contribution in [2.24, 2.45) is 4.99 Å². The molecule has 5 heteroatoms. The summed E-state index contributed by atoms with van der Waals surface area (Å²) in [6.45, 7) is 5.52. The van der Waals surface area contributed by atoms with Gasteiger partial charge in [0.15, 0.2) is 5.96 Å². The summed E-state index contributed by atoms with van der Waals surface area (Å²) in [5.41, 5.74) is 0. The zero-order chi connectivity index (χ0) is 14.5. The lowest BCUT2D eigenvalue weighted by Gasteiger charge is -2.12. The molecule has 0 amide bonds. The number of unbranched alkanes of at least 4 members (excludes halogenated alkanes) is 1. The van der Waals surface area contributed by atoms with Gasteiger partial charge in [-0.1, -0.05) is 6.92 Å². The Bertz CT molecular complexity index is 350. The lowest BCUT2D eigenvalue weighted by Crippen LogP contribution is -2.39. The molecule has 2 N–H and O–H groups in total. The second-order valence-corrected chi connectivity index (χ2v) is 4.61. The molecule has 0 aliphatic rings. The molecule has 0 atom stereocenters. The van der Waals surface area contributed by atoms with E-state index in [2.05, 4.69) is 22.5 Å². The number of nitrogens with zero attached hydrogens (tertiary/aromatic N) is 1. The van der Waals surface area contributed by atoms with Gasteiger partial charge >= 0.3 is 0 Å². The summed E-state index contributed by atoms with van der Waals surface area (Å²) in [6.07, 6.45) is 5.77. The molecule has 0 saturated heterocycles. The zero-order valence-electron chi connectivity index (χ0n) is 12.7. The molecule has 20 heavy (non-hydrogen) atoms. The number of methoxy groups -OCH3 is 1. The first-order chi connectivity index (χ1) is 9.86. The topological polar surface area (TPSA) is 58.8 Å². The molecule has 5 nitrogen and oxygen atoms in total. The first-order valence-corrected chi connectivity index (χ1v) is 7.40. The Morgan fingerprint density at radius 2 is 2.15 bits per heavy atom. The number of hydrogen-bond acceptors (Lipinski definition) is 3. The minimum absolute atomic E-state index is 0.815. The van der Waals surface area contributed by atoms with Gasteiger partial charge in [-0.15, -0.1) is 0 Å². The van der Waals surface area contributed by atoms with Gasteiger partial charge in [0.05, 0.1) is 6.26 Å². The van der Waals surface area contributed by atoms with Crippen LogP contribution in [0, 0.1) is 0 Å². The fourth-order valence-electron chi connectivity index (χ4n) is 1.74. The van der Waals surface area contributed by atoms with Crippen molar-refractivity contribution in [3.05, 3.63) is 24.2 Å². The summed E-state index contributed by atoms with van der Waals surface area (Å²) in [7, 11) is 1.73. The van der Waals surface area contributed by atoms with E-state index in [1.165, 1.54) is 0 Å². The average molecular weight is 281 g/mol. The Morgan fingerprint density at radius 3 is 2.85 bits per heavy atom. The first kappa shape index (κ1) is 16.6. The second-order valence-electron chi connectivity index (χ2n) is 4.61. The van der Waals surface area contributed by atoms with Crippen molar-refractivity contribution in [2.75, 3.05) is 33.4 Å². The summed E-state index contributed by atoms with van der Waals surface area (Å²) in [5.74, 6) is 1.88. The van der Waals surface area contributed by atoms with Crippen LogP contribution in [0.25, 0.3) is 0 Å². The molecule has 0 bridgehead atoms. The molecule has 0 saturated carbocycles. The van der Waals surface area contributed by atoms with Crippen LogP contribution in [0.5, 0.6) is 0 Å². The molecular weight excluding hydrogens is 254 g/mol. The van der Waals surface area contributed by atoms with Crippen molar-refractivity contribution < 1.29 is 9.15 Å². The van der Waals surface area contributed by atoms with E-state index < -0.39 is 0 Å². The first-order valence-electron chi connectivity index (χ1n) is 7.40. The third kappa shape index (κ3) is 7.84. The van der Waals surface area contributed by atoms with E-state index in [-0.39, 0.29) is 0 Å². The standard InChI is InChI=1S/C15H27N3O2/c1-3-9-16-15(17-10-4-5-12-19-2)18-11-8-14-7-6-13-20-14/h6-7,13H,3-5,8-12H2,1-2H3,(H2,16,17,18). The van der Waals surface area contributed by atoms with Gasteiger partial charge in [0.2, 0.25) is 0 Å². The average Bonchev–Trinajstić information content (AvgIpc) is 2.97. The van der Waals surface area contributed by atoms with Gasteiger partial charge in [-0.3, -0.25) is 4.99 Å². The largest absolute Gasteiger partial charge is 0.469 e. The third-order valence-corrected chi connectivity index (χ3v) is 2.81. The molecule has 1 aromatic heterocycles. The second kappa shape index (κ2) is 11.3. The molecule has 0 spiro atoms. The molecule has 0 radical (unpaired) electrons. The van der Waals surface area contributed by atoms with Crippen molar-refractivity contribution in [1.82, 2.24) is 10.6 Å². The molecule has 0 aromatic carbocycles. The molecule has 1 aromatic rings. The minimum Gasteiger partial charge on any atom is -0.469 e. The number of rotatable bonds is 10. The quantitative estimate of drug-likeness (QED) is 0.392. The molecule has 1 rings (SSSR count). The summed E-state index contributed by atoms with van der Waals surface area (Å²) in [5, 5.41) is 6.68. The molecule has 114 valence electrons. The van der Waals surface area contributed by atoms with Crippen molar-refractivity contribution in [3.8, 4) is 0 Å². The van der Waals surface area contributed by atoms with Crippen LogP contribution in [0.1, 0.15) is 31.9 Å². The smallest absolute Gasteiger partial charge is 0.191 e. The highest BCUT2D eigenvalue weighted by atomic mass is 16.5. The highest BCUT2D eigenvalue weighted by Crippen LogP contribution is 1.99. The van der Waals surface area contributed by atoms with Gasteiger partial charge in [0, 0.05) is 39.8 Å². The van der Waals surface area contributed by atoms with Crippen LogP contribution >= 0.6 is 0 Å². The number of hydrogen-bond donors (Lipinski definition) is 2. The van der Waals surface area contributed by atoms with Crippen molar-refractivity contribution >= 4 is 5.96 Å². The number of furan rings is 1. The predicted molar refractivity (Wildman–Crippen MR) is 82.1 cm³/mol. The van der Waals surface area contributed by atoms with Gasteiger partial charge in [0.1, 0.15) is 5.76 Å². The van der Waals surface area contributed by atoms with Crippen LogP contribution in [0.15, 0.2) is 27.8 Å². The van der Waals surface area contributed by atoms with E-state index in [4.69, 9.17) is 9.15 Å². The van der Waals surface area contributed by atoms with E-state index in [1.807, 2.05) is 12.1 Å². The Labute approximate surface area is 121 Å². The van der Waals surface area contributed by atoms with Crippen LogP contribution in [0.3, 0.4) is 0 Å². The van der Waals surface area contributed by atoms with Gasteiger partial charge in [-0.05, 0) is 31.4 Å². The summed E-state index contributed by atoms with van der Waals surface area (Å²) in [4.78, 5) is 4.51. The van der Waals surface area contributed by atoms with E-state index in [1.54, 1.807) is 13.4 Å². The van der Waals surface area contributed by atoms with E-state index in [0.29, 0.717) is 0 Å². The van der Waals surface area contributed by atoms with Gasteiger partial charge < -0.3 is 19.8 Å². The lowest BCUT2D eigenvalue weighted by molar-refractivity contribution is 0.193. The number of ether oxygens (including phenoxy) is 1. The fraction of sp³-hybridized carbons (Fsp3) is 0.667. The van der Waals surface area contributed by atoms with Crippen LogP contribution in [0.2, 0.25) is 0 Å². The zero-order valence-corrected chi connectivity index (χ0v) is 12.7. The molecular formula is C15H27N3O2. The molecule has 0 fully saturated rings. The van der Waals surface area contributed by atoms with E-state index in [0.717, 1.165) is 63.6 Å². The Balaban J connectivity index is 2.21. The Kier molecular flexibility index (Phi) is 9.40. The molecule has 1 heterocycles. The minimum atomic E-state index is 0.815. The summed E-state index contributed by atoms with van der Waals surface area (Å²) < 4.78 is 10.3. The van der Waals surface area contributed by atoms with Crippen molar-refractivity contribution in [1.29, 1.82) is 0 Å². The van der Waals surface area contributed by atoms with E-state index >= 15 is 0 Å². The maximum Gasteiger partial charge on any atom is 0.191 e. The molecule has 0 aliphatic carbocycles. The van der Waals surface area contributed by atoms with Gasteiger partial charge in [-0.2, -0.15) is 0 Å². The predicted octanol–water partition coefficient (Wildman–Crippen LogP) is 2.19. The van der Waals surface area contributed by atoms with Crippen LogP contribution in [-0.2, 0) is 11.2 Å². The van der Waals surface area contributed by atoms with Crippen LogP contribution in [0.4, 0.5) is 0 Å². The fourth-order valence-corrected chi connectivity index (χ4v) is 1.74. The number of guanidine groups is 1. The van der Waals surface area contributed by atoms with Crippen LogP contribution < -0.4 is 10.6 Å². The van der Waals surface area contributed by atoms with E-state index in [9.17, 15) is 0 Å². The van der Waals surface area contributed by atoms with Crippen molar-refractivity contribution in [3.63, 3.8) is 0 Å². The summed E-state index contributed by atoms with van der Waals surface area (Å²) >= 11 is 0. The normalized spacial score (nSPS) is 11.6. The van der Waals surface area contributed by atoms with Crippen molar-refractivity contribution in [2.45, 2.75) is 32.6 Å². The van der Waals surface area contributed by atoms with Crippen LogP contribution in [-0.4, -0.2) is 39.3 Å². The SMILES string of the molecule is CCCN=C(NCCCCOC)NCCc1ccco1. The Morgan fingerprint density at radius 1 is 1.30 bits per heavy atom. The number of aliphatic imine (C=N–C) groups is 1. The van der Waals surface area contributed by atoms with Gasteiger partial charge in [0.25, 0.3) is 0 Å². The highest BCUT2D eigenvalue weighted by molar-refractivity contribution is 5.79. The summed E-state index contributed by atoms with van der Waals surface area (Å²) in [6, 6.07) is 3.90. The highest BCUT2D eigenvalue weighted by Gasteiger charge is 1.99. The lowest BCUT2D eigenvalue weighted by atomic mass is 10.3. The molecule has 0 unspecified atom stereocenters. The monoisotopic (exact) mass is 281 g/mol. The Hall–Kier alpha value is -1.49. The van der Waals surface area contributed by atoms with Gasteiger partial charge in [-0.25, -0.2) is 0 Å². The molecule has 0 aliphatic heterocycles. The maximum absolute atomic E-state index is 5.31. The maximum atomic E-state index is 5.31. The number of nitrogens with one attached hydrogen (secondary N) is 2.